The topological polar surface area (TPSA) is 113 Å². The van der Waals surface area contributed by atoms with Crippen LogP contribution in [0.3, 0.4) is 0 Å². The normalized spacial score (nSPS) is 10.2. The Kier molecular flexibility index (Phi) is 1.86. The summed E-state index contributed by atoms with van der Waals surface area (Å²) in [5.41, 5.74) is 5.39. The third-order valence-corrected chi connectivity index (χ3v) is 2.08. The molecule has 2 rings (SSSR count). The number of hydrogen-bond acceptors (Lipinski definition) is 6. The fourth-order valence-electron chi connectivity index (χ4n) is 1.02. The number of hydrogen-bond donors (Lipinski definition) is 2. The summed E-state index contributed by atoms with van der Waals surface area (Å²) in [5.74, 6) is 0.00258. The summed E-state index contributed by atoms with van der Waals surface area (Å²) in [5, 5.41) is 10.3. The molecule has 2 aromatic rings. The van der Waals surface area contributed by atoms with E-state index in [1.165, 1.54) is 10.3 Å². The molecule has 7 nitrogen and oxygen atoms in total. The van der Waals surface area contributed by atoms with Crippen molar-refractivity contribution >= 4 is 29.1 Å². The molecule has 0 aromatic carbocycles. The number of nitrogens with zero attached hydrogens (tertiary/aromatic N) is 4. The van der Waals surface area contributed by atoms with Gasteiger partial charge in [-0.3, -0.25) is 9.78 Å². The van der Waals surface area contributed by atoms with Gasteiger partial charge in [0.1, 0.15) is 6.33 Å². The molecule has 2 heterocycles. The van der Waals surface area contributed by atoms with E-state index < -0.39 is 5.56 Å². The minimum Gasteiger partial charge on any atom is -0.369 e. The number of nitrogens with two attached hydrogens (primary N) is 1. The molecule has 0 atom stereocenters. The largest absolute Gasteiger partial charge is 0.369 e. The first kappa shape index (κ1) is 8.58. The van der Waals surface area contributed by atoms with E-state index in [0.717, 1.165) is 11.9 Å². The molecule has 0 unspecified atom stereocenters. The molecule has 2 aromatic heterocycles. The van der Waals surface area contributed by atoms with Crippen LogP contribution in [0.15, 0.2) is 11.1 Å². The molecule has 14 heavy (non-hydrogen) atoms. The Morgan fingerprint density at radius 1 is 1.71 bits per heavy atom. The second-order valence-electron chi connectivity index (χ2n) is 2.38. The standard InChI is InChI=1S/C6H4N6OS/c7-1-14-12-2-9-3-4(12)10-6(8)11-5(3)13/h2H,(H3,8,10,11,13). The van der Waals surface area contributed by atoms with E-state index in [1.54, 1.807) is 0 Å². The van der Waals surface area contributed by atoms with Gasteiger partial charge in [0.15, 0.2) is 16.6 Å². The van der Waals surface area contributed by atoms with E-state index in [2.05, 4.69) is 15.0 Å². The molecule has 0 saturated heterocycles. The van der Waals surface area contributed by atoms with Crippen LogP contribution in [0.5, 0.6) is 0 Å². The summed E-state index contributed by atoms with van der Waals surface area (Å²) < 4.78 is 1.38. The van der Waals surface area contributed by atoms with Gasteiger partial charge in [-0.25, -0.2) is 8.96 Å². The molecule has 0 radical (unpaired) electrons. The maximum Gasteiger partial charge on any atom is 0.280 e. The van der Waals surface area contributed by atoms with Crippen molar-refractivity contribution in [1.82, 2.24) is 18.9 Å². The zero-order valence-corrected chi connectivity index (χ0v) is 7.58. The zero-order chi connectivity index (χ0) is 10.1. The van der Waals surface area contributed by atoms with E-state index in [-0.39, 0.29) is 17.1 Å². The van der Waals surface area contributed by atoms with E-state index in [9.17, 15) is 4.79 Å². The highest BCUT2D eigenvalue weighted by Crippen LogP contribution is 2.12. The summed E-state index contributed by atoms with van der Waals surface area (Å²) in [4.78, 5) is 21.3. The average molecular weight is 208 g/mol. The molecular weight excluding hydrogens is 204 g/mol. The van der Waals surface area contributed by atoms with Crippen molar-refractivity contribution in [3.05, 3.63) is 16.7 Å². The second kappa shape index (κ2) is 3.04. The van der Waals surface area contributed by atoms with Crippen LogP contribution in [-0.4, -0.2) is 18.9 Å². The summed E-state index contributed by atoms with van der Waals surface area (Å²) in [6, 6.07) is 0. The third-order valence-electron chi connectivity index (χ3n) is 1.53. The first-order valence-corrected chi connectivity index (χ1v) is 4.29. The molecule has 8 heteroatoms. The Balaban J connectivity index is 2.80. The van der Waals surface area contributed by atoms with Gasteiger partial charge in [0.25, 0.3) is 5.56 Å². The maximum atomic E-state index is 11.3. The molecule has 3 N–H and O–H groups in total. The maximum absolute atomic E-state index is 11.3. The van der Waals surface area contributed by atoms with Crippen molar-refractivity contribution in [2.75, 3.05) is 5.73 Å². The third kappa shape index (κ3) is 1.20. The number of anilines is 1. The van der Waals surface area contributed by atoms with Crippen LogP contribution >= 0.6 is 11.9 Å². The molecule has 0 fully saturated rings. The van der Waals surface area contributed by atoms with E-state index in [1.807, 2.05) is 5.40 Å². The number of rotatable bonds is 1. The highest BCUT2D eigenvalue weighted by Gasteiger charge is 2.08. The minimum atomic E-state index is -0.412. The molecule has 0 bridgehead atoms. The van der Waals surface area contributed by atoms with E-state index >= 15 is 0 Å². The van der Waals surface area contributed by atoms with Gasteiger partial charge in [0.2, 0.25) is 5.95 Å². The summed E-state index contributed by atoms with van der Waals surface area (Å²) >= 11 is 0.818. The molecular formula is C6H4N6OS. The van der Waals surface area contributed by atoms with Crippen LogP contribution in [0.25, 0.3) is 11.2 Å². The smallest absolute Gasteiger partial charge is 0.280 e. The van der Waals surface area contributed by atoms with Gasteiger partial charge in [-0.2, -0.15) is 10.2 Å². The fourth-order valence-corrected chi connectivity index (χ4v) is 1.41. The molecule has 0 aliphatic carbocycles. The van der Waals surface area contributed by atoms with Crippen molar-refractivity contribution in [3.8, 4) is 5.40 Å². The van der Waals surface area contributed by atoms with Crippen molar-refractivity contribution in [2.45, 2.75) is 0 Å². The number of nitrogens with one attached hydrogen (secondary N) is 1. The number of nitriles is 1. The van der Waals surface area contributed by atoms with Gasteiger partial charge in [0.05, 0.1) is 11.9 Å². The van der Waals surface area contributed by atoms with Crippen LogP contribution in [0.4, 0.5) is 5.95 Å². The number of imidazole rings is 1. The first-order chi connectivity index (χ1) is 6.72. The molecule has 0 spiro atoms. The van der Waals surface area contributed by atoms with Crippen LogP contribution in [0.1, 0.15) is 0 Å². The summed E-state index contributed by atoms with van der Waals surface area (Å²) in [7, 11) is 0. The predicted octanol–water partition coefficient (Wildman–Crippen LogP) is -0.321. The lowest BCUT2D eigenvalue weighted by molar-refractivity contribution is 1.16. The average Bonchev–Trinajstić information content (AvgIpc) is 2.49. The Hall–Kier alpha value is -2.01. The highest BCUT2D eigenvalue weighted by molar-refractivity contribution is 8.02. The van der Waals surface area contributed by atoms with Crippen LogP contribution < -0.4 is 11.3 Å². The van der Waals surface area contributed by atoms with E-state index in [4.69, 9.17) is 11.0 Å². The van der Waals surface area contributed by atoms with Gasteiger partial charge in [0, 0.05) is 0 Å². The van der Waals surface area contributed by atoms with Crippen molar-refractivity contribution in [3.63, 3.8) is 0 Å². The number of aromatic amines is 1. The van der Waals surface area contributed by atoms with Crippen molar-refractivity contribution < 1.29 is 0 Å². The SMILES string of the molecule is N#CSn1cnc2c(=O)[nH]c(N)nc21. The number of nitrogen functional groups attached to an aromatic ring is 1. The van der Waals surface area contributed by atoms with Gasteiger partial charge in [-0.1, -0.05) is 0 Å². The summed E-state index contributed by atoms with van der Waals surface area (Å²) in [6.45, 7) is 0. The van der Waals surface area contributed by atoms with E-state index in [0.29, 0.717) is 0 Å². The quantitative estimate of drug-likeness (QED) is 0.621. The van der Waals surface area contributed by atoms with Crippen molar-refractivity contribution in [1.29, 1.82) is 5.26 Å². The second-order valence-corrected chi connectivity index (χ2v) is 3.13. The molecule has 0 saturated carbocycles. The monoisotopic (exact) mass is 208 g/mol. The predicted molar refractivity (Wildman–Crippen MR) is 51.2 cm³/mol. The number of thiocyanates is 1. The van der Waals surface area contributed by atoms with Gasteiger partial charge in [-0.15, -0.1) is 0 Å². The highest BCUT2D eigenvalue weighted by atomic mass is 32.2. The van der Waals surface area contributed by atoms with Crippen LogP contribution in [0.2, 0.25) is 0 Å². The Morgan fingerprint density at radius 2 is 2.50 bits per heavy atom. The lowest BCUT2D eigenvalue weighted by Gasteiger charge is -1.94. The zero-order valence-electron chi connectivity index (χ0n) is 6.76. The Labute approximate surface area is 81.7 Å². The molecule has 0 amide bonds. The fraction of sp³-hybridized carbons (Fsp3) is 0. The van der Waals surface area contributed by atoms with Gasteiger partial charge < -0.3 is 5.73 Å². The van der Waals surface area contributed by atoms with Gasteiger partial charge >= 0.3 is 0 Å². The minimum absolute atomic E-state index is 0.00258. The van der Waals surface area contributed by atoms with Crippen molar-refractivity contribution in [2.24, 2.45) is 0 Å². The first-order valence-electron chi connectivity index (χ1n) is 3.51. The Morgan fingerprint density at radius 3 is 3.21 bits per heavy atom. The number of H-pyrrole nitrogens is 1. The number of fused-ring (bicyclic) bond motifs is 1. The Bertz CT molecular complexity index is 578. The lowest BCUT2D eigenvalue weighted by atomic mass is 10.5. The lowest BCUT2D eigenvalue weighted by Crippen LogP contribution is -2.11. The molecule has 70 valence electrons. The molecule has 0 aliphatic heterocycles. The van der Waals surface area contributed by atoms with Gasteiger partial charge in [-0.05, 0) is 0 Å². The van der Waals surface area contributed by atoms with Crippen LogP contribution in [0, 0.1) is 10.7 Å². The number of aromatic nitrogens is 4. The summed E-state index contributed by atoms with van der Waals surface area (Å²) in [6.07, 6.45) is 1.35. The molecule has 0 aliphatic rings. The van der Waals surface area contributed by atoms with Crippen LogP contribution in [-0.2, 0) is 0 Å².